The van der Waals surface area contributed by atoms with Gasteiger partial charge >= 0.3 is 5.97 Å². The maximum atomic E-state index is 12.4. The number of carboxylic acids is 1. The zero-order valence-electron chi connectivity index (χ0n) is 10.7. The van der Waals surface area contributed by atoms with E-state index < -0.39 is 17.9 Å². The van der Waals surface area contributed by atoms with Crippen molar-refractivity contribution in [2.24, 2.45) is 0 Å². The molecule has 1 heterocycles. The van der Waals surface area contributed by atoms with Gasteiger partial charge in [-0.15, -0.1) is 0 Å². The fourth-order valence-corrected chi connectivity index (χ4v) is 2.52. The number of nitrogens with zero attached hydrogens (tertiary/aromatic N) is 1. The SMILES string of the molecule is COC1CC(C(=O)O)N(C(=O)c2ccc(Cl)c(Cl)c2)C1. The highest BCUT2D eigenvalue weighted by Crippen LogP contribution is 2.26. The molecule has 1 aliphatic heterocycles. The van der Waals surface area contributed by atoms with Gasteiger partial charge in [-0.05, 0) is 18.2 Å². The summed E-state index contributed by atoms with van der Waals surface area (Å²) in [4.78, 5) is 24.9. The molecule has 1 N–H and O–H groups in total. The molecule has 0 aromatic heterocycles. The van der Waals surface area contributed by atoms with Crippen LogP contribution in [0.15, 0.2) is 18.2 Å². The summed E-state index contributed by atoms with van der Waals surface area (Å²) in [5.41, 5.74) is 0.308. The molecule has 1 aliphatic rings. The molecule has 5 nitrogen and oxygen atoms in total. The molecule has 0 radical (unpaired) electrons. The highest BCUT2D eigenvalue weighted by molar-refractivity contribution is 6.42. The van der Waals surface area contributed by atoms with Crippen LogP contribution < -0.4 is 0 Å². The van der Waals surface area contributed by atoms with E-state index in [4.69, 9.17) is 27.9 Å². The summed E-state index contributed by atoms with van der Waals surface area (Å²) in [6.07, 6.45) is 0.00152. The van der Waals surface area contributed by atoms with E-state index in [-0.39, 0.29) is 24.1 Å². The third-order valence-corrected chi connectivity index (χ3v) is 4.05. The van der Waals surface area contributed by atoms with Gasteiger partial charge in [0.25, 0.3) is 5.91 Å². The van der Waals surface area contributed by atoms with Crippen LogP contribution in [0.3, 0.4) is 0 Å². The van der Waals surface area contributed by atoms with Crippen molar-refractivity contribution in [2.45, 2.75) is 18.6 Å². The number of hydrogen-bond donors (Lipinski definition) is 1. The van der Waals surface area contributed by atoms with Crippen LogP contribution in [0.1, 0.15) is 16.8 Å². The van der Waals surface area contributed by atoms with Crippen molar-refractivity contribution in [2.75, 3.05) is 13.7 Å². The Morgan fingerprint density at radius 1 is 1.35 bits per heavy atom. The van der Waals surface area contributed by atoms with Crippen LogP contribution in [-0.2, 0) is 9.53 Å². The van der Waals surface area contributed by atoms with Crippen molar-refractivity contribution in [3.05, 3.63) is 33.8 Å². The minimum Gasteiger partial charge on any atom is -0.480 e. The molecule has 0 spiro atoms. The van der Waals surface area contributed by atoms with E-state index in [0.717, 1.165) is 0 Å². The topological polar surface area (TPSA) is 66.8 Å². The van der Waals surface area contributed by atoms with Gasteiger partial charge in [0.2, 0.25) is 0 Å². The van der Waals surface area contributed by atoms with Gasteiger partial charge < -0.3 is 14.7 Å². The number of aliphatic carboxylic acids is 1. The van der Waals surface area contributed by atoms with Crippen molar-refractivity contribution < 1.29 is 19.4 Å². The van der Waals surface area contributed by atoms with E-state index in [1.807, 2.05) is 0 Å². The Labute approximate surface area is 126 Å². The van der Waals surface area contributed by atoms with E-state index in [9.17, 15) is 14.7 Å². The second-order valence-corrected chi connectivity index (χ2v) is 5.35. The molecular weight excluding hydrogens is 305 g/mol. The summed E-state index contributed by atoms with van der Waals surface area (Å²) in [7, 11) is 1.50. The smallest absolute Gasteiger partial charge is 0.326 e. The van der Waals surface area contributed by atoms with Crippen molar-refractivity contribution in [1.82, 2.24) is 4.90 Å². The number of likely N-dealkylation sites (tertiary alicyclic amines) is 1. The summed E-state index contributed by atoms with van der Waals surface area (Å²) < 4.78 is 5.15. The molecule has 1 amide bonds. The first-order chi connectivity index (χ1) is 9.43. The third-order valence-electron chi connectivity index (χ3n) is 3.31. The molecule has 2 atom stereocenters. The molecule has 0 aliphatic carbocycles. The monoisotopic (exact) mass is 317 g/mol. The molecular formula is C13H13Cl2NO4. The molecule has 1 saturated heterocycles. The van der Waals surface area contributed by atoms with E-state index in [1.165, 1.54) is 30.2 Å². The summed E-state index contributed by atoms with van der Waals surface area (Å²) in [6.45, 7) is 0.243. The van der Waals surface area contributed by atoms with Crippen LogP contribution >= 0.6 is 23.2 Å². The van der Waals surface area contributed by atoms with Crippen LogP contribution in [0.4, 0.5) is 0 Å². The number of hydrogen-bond acceptors (Lipinski definition) is 3. The fraction of sp³-hybridized carbons (Fsp3) is 0.385. The second-order valence-electron chi connectivity index (χ2n) is 4.53. The molecule has 0 saturated carbocycles. The molecule has 1 aromatic carbocycles. The number of carbonyl (C=O) groups excluding carboxylic acids is 1. The number of rotatable bonds is 3. The van der Waals surface area contributed by atoms with Crippen LogP contribution in [0.2, 0.25) is 10.0 Å². The number of halogens is 2. The largest absolute Gasteiger partial charge is 0.480 e. The van der Waals surface area contributed by atoms with Crippen molar-refractivity contribution in [3.63, 3.8) is 0 Å². The van der Waals surface area contributed by atoms with Crippen LogP contribution in [0.5, 0.6) is 0 Å². The van der Waals surface area contributed by atoms with Crippen LogP contribution in [-0.4, -0.2) is 47.7 Å². The van der Waals surface area contributed by atoms with E-state index in [1.54, 1.807) is 0 Å². The van der Waals surface area contributed by atoms with Gasteiger partial charge in [-0.25, -0.2) is 4.79 Å². The summed E-state index contributed by atoms with van der Waals surface area (Å²) in [6, 6.07) is 3.58. The highest BCUT2D eigenvalue weighted by atomic mass is 35.5. The predicted octanol–water partition coefficient (Wildman–Crippen LogP) is 2.31. The highest BCUT2D eigenvalue weighted by Gasteiger charge is 2.40. The normalized spacial score (nSPS) is 22.1. The van der Waals surface area contributed by atoms with Gasteiger partial charge in [0, 0.05) is 25.6 Å². The van der Waals surface area contributed by atoms with Crippen molar-refractivity contribution >= 4 is 35.1 Å². The quantitative estimate of drug-likeness (QED) is 0.929. The molecule has 2 rings (SSSR count). The summed E-state index contributed by atoms with van der Waals surface area (Å²) >= 11 is 11.7. The van der Waals surface area contributed by atoms with Crippen LogP contribution in [0, 0.1) is 0 Å². The Morgan fingerprint density at radius 2 is 2.05 bits per heavy atom. The van der Waals surface area contributed by atoms with Gasteiger partial charge in [0.05, 0.1) is 16.1 Å². The standard InChI is InChI=1S/C13H13Cl2NO4/c1-20-8-5-11(13(18)19)16(6-8)12(17)7-2-3-9(14)10(15)4-7/h2-4,8,11H,5-6H2,1H3,(H,18,19). The molecule has 2 unspecified atom stereocenters. The first-order valence-corrected chi connectivity index (χ1v) is 6.71. The van der Waals surface area contributed by atoms with E-state index >= 15 is 0 Å². The maximum Gasteiger partial charge on any atom is 0.326 e. The molecule has 7 heteroatoms. The first kappa shape index (κ1) is 15.1. The fourth-order valence-electron chi connectivity index (χ4n) is 2.22. The van der Waals surface area contributed by atoms with E-state index in [0.29, 0.717) is 10.6 Å². The Kier molecular flexibility index (Phi) is 4.52. The Hall–Kier alpha value is -1.30. The van der Waals surface area contributed by atoms with Gasteiger partial charge in [0.1, 0.15) is 6.04 Å². The van der Waals surface area contributed by atoms with Crippen molar-refractivity contribution in [1.29, 1.82) is 0 Å². The number of amides is 1. The van der Waals surface area contributed by atoms with Gasteiger partial charge in [-0.1, -0.05) is 23.2 Å². The molecule has 108 valence electrons. The zero-order valence-corrected chi connectivity index (χ0v) is 12.2. The average Bonchev–Trinajstić information content (AvgIpc) is 2.85. The lowest BCUT2D eigenvalue weighted by molar-refractivity contribution is -0.141. The summed E-state index contributed by atoms with van der Waals surface area (Å²) in [5, 5.41) is 9.79. The number of benzene rings is 1. The lowest BCUT2D eigenvalue weighted by Gasteiger charge is -2.21. The Morgan fingerprint density at radius 3 is 2.60 bits per heavy atom. The zero-order chi connectivity index (χ0) is 14.9. The first-order valence-electron chi connectivity index (χ1n) is 5.95. The number of carboxylic acid groups (broad SMARTS) is 1. The summed E-state index contributed by atoms with van der Waals surface area (Å²) in [5.74, 6) is -1.44. The second kappa shape index (κ2) is 5.99. The third kappa shape index (κ3) is 2.90. The number of methoxy groups -OCH3 is 1. The Balaban J connectivity index is 2.26. The number of carbonyl (C=O) groups is 2. The lowest BCUT2D eigenvalue weighted by Crippen LogP contribution is -2.40. The van der Waals surface area contributed by atoms with E-state index in [2.05, 4.69) is 0 Å². The molecule has 1 fully saturated rings. The maximum absolute atomic E-state index is 12.4. The molecule has 1 aromatic rings. The van der Waals surface area contributed by atoms with Crippen LogP contribution in [0.25, 0.3) is 0 Å². The Bertz CT molecular complexity index is 549. The lowest BCUT2D eigenvalue weighted by atomic mass is 10.1. The molecule has 0 bridgehead atoms. The molecule has 20 heavy (non-hydrogen) atoms. The van der Waals surface area contributed by atoms with Gasteiger partial charge in [-0.2, -0.15) is 0 Å². The minimum atomic E-state index is -1.04. The van der Waals surface area contributed by atoms with Gasteiger partial charge in [0.15, 0.2) is 0 Å². The average molecular weight is 318 g/mol. The minimum absolute atomic E-state index is 0.243. The predicted molar refractivity (Wildman–Crippen MR) is 74.3 cm³/mol. The van der Waals surface area contributed by atoms with Crippen molar-refractivity contribution in [3.8, 4) is 0 Å². The number of ether oxygens (including phenoxy) is 1. The van der Waals surface area contributed by atoms with Gasteiger partial charge in [-0.3, -0.25) is 4.79 Å².